The molecule has 4 fully saturated rings. The number of halogens is 1. The Morgan fingerprint density at radius 1 is 0.982 bits per heavy atom. The Balaban J connectivity index is 1.37. The second-order valence-electron chi connectivity index (χ2n) is 16.1. The van der Waals surface area contributed by atoms with Crippen LogP contribution in [0.5, 0.6) is 5.75 Å². The number of carbonyl (C=O) groups is 1. The van der Waals surface area contributed by atoms with Crippen LogP contribution in [-0.4, -0.2) is 90.2 Å². The number of anilines is 1. The van der Waals surface area contributed by atoms with Gasteiger partial charge in [0, 0.05) is 76.0 Å². The fraction of sp³-hybridized carbons (Fsp3) is 0.378. The highest BCUT2D eigenvalue weighted by atomic mass is 19.1. The van der Waals surface area contributed by atoms with Crippen molar-refractivity contribution in [3.63, 3.8) is 0 Å². The molecule has 1 saturated carbocycles. The van der Waals surface area contributed by atoms with E-state index in [0.717, 1.165) is 87.1 Å². The lowest BCUT2D eigenvalue weighted by atomic mass is 9.79. The highest BCUT2D eigenvalue weighted by Gasteiger charge is 2.49. The van der Waals surface area contributed by atoms with Crippen molar-refractivity contribution in [1.29, 1.82) is 5.26 Å². The number of aromatic nitrogens is 3. The molecule has 56 heavy (non-hydrogen) atoms. The van der Waals surface area contributed by atoms with Gasteiger partial charge in [0.15, 0.2) is 11.6 Å². The quantitative estimate of drug-likeness (QED) is 0.145. The number of fused-ring (bicyclic) bond motifs is 5. The number of hydrogen-bond donors (Lipinski definition) is 1. The van der Waals surface area contributed by atoms with Crippen LogP contribution in [-0.2, 0) is 24.2 Å². The normalized spacial score (nSPS) is 19.1. The van der Waals surface area contributed by atoms with E-state index in [9.17, 15) is 10.1 Å². The van der Waals surface area contributed by atoms with Crippen LogP contribution in [0.2, 0.25) is 0 Å². The standard InChI is InChI=1S/C45H47FN8O2/c1-51(2)32-24-53(25-32)45-41-43(54(42-30-21-36(42)48-23-30)37(49-41)17-18-38(55)52(3)4)35-20-29(13-9-19-47)39(33-14-8-12-28-15-16-31(46)22-34(28)33)44(40(35)50-45)56-26-27-10-6-5-7-11-27/h5-8,10-12,14-16,20,22,30,32,36,42,48H,9,13,17-18,21,23-26H2,1-4H3. The molecule has 1 N–H and O–H groups in total. The molecule has 4 aromatic carbocycles. The lowest BCUT2D eigenvalue weighted by Gasteiger charge is -2.43. The third kappa shape index (κ3) is 6.21. The highest BCUT2D eigenvalue weighted by molar-refractivity contribution is 6.13. The first-order chi connectivity index (χ1) is 27.2. The van der Waals surface area contributed by atoms with Crippen LogP contribution in [0.25, 0.3) is 43.8 Å². The Kier molecular flexibility index (Phi) is 9.34. The number of nitrogens with zero attached hydrogens (tertiary/aromatic N) is 7. The van der Waals surface area contributed by atoms with E-state index in [1.54, 1.807) is 25.1 Å². The van der Waals surface area contributed by atoms with E-state index >= 15 is 4.39 Å². The average Bonchev–Trinajstić information content (AvgIpc) is 3.91. The Bertz CT molecular complexity index is 2510. The van der Waals surface area contributed by atoms with Crippen molar-refractivity contribution in [3.8, 4) is 22.9 Å². The molecule has 11 heteroatoms. The van der Waals surface area contributed by atoms with Gasteiger partial charge in [-0.2, -0.15) is 5.26 Å². The minimum Gasteiger partial charge on any atom is -0.486 e. The summed E-state index contributed by atoms with van der Waals surface area (Å²) in [6, 6.07) is 26.4. The number of imidazole rings is 1. The number of benzene rings is 4. The zero-order valence-electron chi connectivity index (χ0n) is 32.4. The molecule has 286 valence electrons. The van der Waals surface area contributed by atoms with E-state index in [-0.39, 0.29) is 24.2 Å². The summed E-state index contributed by atoms with van der Waals surface area (Å²) in [6.07, 6.45) is 2.70. The van der Waals surface area contributed by atoms with Crippen molar-refractivity contribution < 1.29 is 13.9 Å². The molecule has 2 aromatic heterocycles. The lowest BCUT2D eigenvalue weighted by Crippen LogP contribution is -2.57. The molecule has 1 amide bonds. The number of likely N-dealkylation sites (N-methyl/N-ethyl adjacent to an activating group) is 1. The molecular formula is C45H47FN8O2. The van der Waals surface area contributed by atoms with E-state index in [1.165, 1.54) is 6.07 Å². The Morgan fingerprint density at radius 3 is 2.52 bits per heavy atom. The van der Waals surface area contributed by atoms with Crippen LogP contribution >= 0.6 is 0 Å². The maximum atomic E-state index is 15.1. The number of rotatable bonds is 12. The first-order valence-corrected chi connectivity index (χ1v) is 19.7. The number of carbonyl (C=O) groups excluding carboxylic acids is 1. The van der Waals surface area contributed by atoms with Gasteiger partial charge in [0.25, 0.3) is 0 Å². The van der Waals surface area contributed by atoms with Gasteiger partial charge in [-0.15, -0.1) is 0 Å². The summed E-state index contributed by atoms with van der Waals surface area (Å²) in [4.78, 5) is 30.2. The van der Waals surface area contributed by atoms with Crippen LogP contribution in [0.4, 0.5) is 10.2 Å². The third-order valence-corrected chi connectivity index (χ3v) is 12.2. The van der Waals surface area contributed by atoms with Gasteiger partial charge in [0.1, 0.15) is 29.3 Å². The molecule has 3 aliphatic heterocycles. The summed E-state index contributed by atoms with van der Waals surface area (Å²) in [5.74, 6) is 2.48. The smallest absolute Gasteiger partial charge is 0.222 e. The summed E-state index contributed by atoms with van der Waals surface area (Å²) in [5, 5.41) is 16.3. The predicted molar refractivity (Wildman–Crippen MR) is 218 cm³/mol. The van der Waals surface area contributed by atoms with Crippen molar-refractivity contribution in [2.24, 2.45) is 5.92 Å². The molecule has 5 heterocycles. The van der Waals surface area contributed by atoms with Gasteiger partial charge in [-0.05, 0) is 78.5 Å². The van der Waals surface area contributed by atoms with Crippen molar-refractivity contribution in [2.75, 3.05) is 52.7 Å². The SMILES string of the molecule is CN(C)C(=O)CCc1nc2c(N3CC(N(C)C)C3)nc3c(OCc4ccccc4)c(-c4cccc5ccc(F)cc45)c(CCC#N)cc3c2n1C1C2CNC1C2. The van der Waals surface area contributed by atoms with Gasteiger partial charge >= 0.3 is 0 Å². The second-order valence-corrected chi connectivity index (χ2v) is 16.1. The summed E-state index contributed by atoms with van der Waals surface area (Å²) < 4.78 is 24.5. The van der Waals surface area contributed by atoms with E-state index < -0.39 is 0 Å². The molecular weight excluding hydrogens is 704 g/mol. The number of ether oxygens (including phenoxy) is 1. The van der Waals surface area contributed by atoms with Crippen LogP contribution in [0.15, 0.2) is 72.8 Å². The number of pyridine rings is 1. The topological polar surface area (TPSA) is 103 Å². The molecule has 1 aliphatic carbocycles. The zero-order chi connectivity index (χ0) is 38.7. The van der Waals surface area contributed by atoms with Gasteiger partial charge in [0.2, 0.25) is 5.91 Å². The molecule has 3 atom stereocenters. The molecule has 10 nitrogen and oxygen atoms in total. The third-order valence-electron chi connectivity index (χ3n) is 12.2. The molecule has 2 bridgehead atoms. The summed E-state index contributed by atoms with van der Waals surface area (Å²) >= 11 is 0. The van der Waals surface area contributed by atoms with Crippen molar-refractivity contribution in [2.45, 2.75) is 56.8 Å². The Hall–Kier alpha value is -5.57. The van der Waals surface area contributed by atoms with Gasteiger partial charge in [-0.3, -0.25) is 4.79 Å². The van der Waals surface area contributed by atoms with E-state index in [0.29, 0.717) is 55.1 Å². The van der Waals surface area contributed by atoms with Crippen molar-refractivity contribution in [1.82, 2.24) is 29.7 Å². The van der Waals surface area contributed by atoms with E-state index in [1.807, 2.05) is 54.6 Å². The second kappa shape index (κ2) is 14.5. The van der Waals surface area contributed by atoms with E-state index in [2.05, 4.69) is 45.9 Å². The number of nitrogens with one attached hydrogen (secondary N) is 1. The summed E-state index contributed by atoms with van der Waals surface area (Å²) in [7, 11) is 7.81. The monoisotopic (exact) mass is 750 g/mol. The Labute approximate surface area is 326 Å². The predicted octanol–water partition coefficient (Wildman–Crippen LogP) is 6.88. The van der Waals surface area contributed by atoms with Gasteiger partial charge in [0.05, 0.1) is 17.6 Å². The molecule has 0 spiro atoms. The first-order valence-electron chi connectivity index (χ1n) is 19.7. The van der Waals surface area contributed by atoms with Crippen molar-refractivity contribution in [3.05, 3.63) is 95.6 Å². The maximum Gasteiger partial charge on any atom is 0.222 e. The van der Waals surface area contributed by atoms with Crippen LogP contribution in [0.3, 0.4) is 0 Å². The molecule has 0 radical (unpaired) electrons. The average molecular weight is 751 g/mol. The van der Waals surface area contributed by atoms with Gasteiger partial charge in [-0.25, -0.2) is 14.4 Å². The minimum atomic E-state index is -0.320. The molecule has 3 unspecified atom stereocenters. The first kappa shape index (κ1) is 36.1. The number of amides is 1. The van der Waals surface area contributed by atoms with Gasteiger partial charge < -0.3 is 29.3 Å². The van der Waals surface area contributed by atoms with Crippen LogP contribution in [0, 0.1) is 23.1 Å². The largest absolute Gasteiger partial charge is 0.486 e. The van der Waals surface area contributed by atoms with Crippen LogP contribution < -0.4 is 15.0 Å². The van der Waals surface area contributed by atoms with Crippen molar-refractivity contribution >= 4 is 44.4 Å². The molecule has 10 rings (SSSR count). The molecule has 4 aliphatic rings. The van der Waals surface area contributed by atoms with Crippen LogP contribution in [0.1, 0.15) is 42.3 Å². The fourth-order valence-corrected chi connectivity index (χ4v) is 9.01. The summed E-state index contributed by atoms with van der Waals surface area (Å²) in [6.45, 7) is 2.83. The zero-order valence-corrected chi connectivity index (χ0v) is 32.4. The number of aryl methyl sites for hydroxylation is 2. The fourth-order valence-electron chi connectivity index (χ4n) is 9.01. The highest BCUT2D eigenvalue weighted by Crippen LogP contribution is 2.50. The number of nitriles is 1. The number of hydrogen-bond acceptors (Lipinski definition) is 8. The molecule has 6 aromatic rings. The minimum absolute atomic E-state index is 0.0599. The van der Waals surface area contributed by atoms with E-state index in [4.69, 9.17) is 14.7 Å². The lowest BCUT2D eigenvalue weighted by molar-refractivity contribution is -0.128. The Morgan fingerprint density at radius 2 is 1.80 bits per heavy atom. The molecule has 3 saturated heterocycles. The van der Waals surface area contributed by atoms with Gasteiger partial charge in [-0.1, -0.05) is 54.6 Å². The maximum absolute atomic E-state index is 15.1. The summed E-state index contributed by atoms with van der Waals surface area (Å²) in [5.41, 5.74) is 6.11.